The topological polar surface area (TPSA) is 23.8 Å². The Bertz CT molecular complexity index is 347. The van der Waals surface area contributed by atoms with Crippen LogP contribution >= 0.6 is 0 Å². The smallest absolute Gasteiger partial charge is 0.123 e. The highest BCUT2D eigenvalue weighted by molar-refractivity contribution is 5.76. The second-order valence-corrected chi connectivity index (χ2v) is 2.32. The van der Waals surface area contributed by atoms with E-state index in [-0.39, 0.29) is 5.82 Å². The lowest BCUT2D eigenvalue weighted by molar-refractivity contribution is 0.627. The van der Waals surface area contributed by atoms with Gasteiger partial charge in [0.05, 0.1) is 11.6 Å². The Balaban J connectivity index is 3.13. The number of benzene rings is 1. The molecule has 0 bridgehead atoms. The van der Waals surface area contributed by atoms with Crippen molar-refractivity contribution < 1.29 is 4.39 Å². The maximum absolute atomic E-state index is 12.7. The fraction of sp³-hybridized carbons (Fsp3) is 0.100. The van der Waals surface area contributed by atoms with Crippen LogP contribution in [0.25, 0.3) is 5.57 Å². The highest BCUT2D eigenvalue weighted by Gasteiger charge is 1.98. The number of halogens is 1. The summed E-state index contributed by atoms with van der Waals surface area (Å²) in [6.45, 7) is 1.75. The maximum Gasteiger partial charge on any atom is 0.123 e. The van der Waals surface area contributed by atoms with E-state index in [1.807, 2.05) is 6.07 Å². The molecular formula is C10H8FN. The molecule has 1 aromatic rings. The van der Waals surface area contributed by atoms with E-state index in [1.165, 1.54) is 12.1 Å². The van der Waals surface area contributed by atoms with Crippen LogP contribution in [0, 0.1) is 17.1 Å². The number of hydrogen-bond donors (Lipinski definition) is 0. The lowest BCUT2D eigenvalue weighted by atomic mass is 10.1. The van der Waals surface area contributed by atoms with Gasteiger partial charge in [0, 0.05) is 0 Å². The summed E-state index contributed by atoms with van der Waals surface area (Å²) in [6, 6.07) is 7.99. The minimum absolute atomic E-state index is 0.317. The summed E-state index contributed by atoms with van der Waals surface area (Å²) in [5.74, 6) is -0.317. The number of hydrogen-bond acceptors (Lipinski definition) is 1. The van der Waals surface area contributed by atoms with Gasteiger partial charge in [0.1, 0.15) is 5.82 Å². The van der Waals surface area contributed by atoms with Crippen LogP contribution in [0.3, 0.4) is 0 Å². The highest BCUT2D eigenvalue weighted by atomic mass is 19.1. The summed E-state index contributed by atoms with van der Waals surface area (Å²) < 4.78 is 12.7. The Labute approximate surface area is 70.8 Å². The first kappa shape index (κ1) is 8.48. The van der Waals surface area contributed by atoms with Gasteiger partial charge in [-0.05, 0) is 24.6 Å². The molecule has 0 aliphatic heterocycles. The fourth-order valence-corrected chi connectivity index (χ4v) is 0.952. The summed E-state index contributed by atoms with van der Waals surface area (Å²) in [7, 11) is 0. The van der Waals surface area contributed by atoms with Crippen LogP contribution < -0.4 is 0 Å². The molecule has 60 valence electrons. The zero-order chi connectivity index (χ0) is 8.97. The quantitative estimate of drug-likeness (QED) is 0.581. The summed E-state index contributed by atoms with van der Waals surface area (Å²) in [4.78, 5) is 0. The molecule has 0 unspecified atom stereocenters. The van der Waals surface area contributed by atoms with Gasteiger partial charge >= 0.3 is 0 Å². The Kier molecular flexibility index (Phi) is 2.60. The van der Waals surface area contributed by atoms with E-state index < -0.39 is 0 Å². The predicted molar refractivity (Wildman–Crippen MR) is 45.7 cm³/mol. The molecule has 2 heteroatoms. The SMILES string of the molecule is C/C=C(/C#N)c1cccc(F)c1. The van der Waals surface area contributed by atoms with Crippen molar-refractivity contribution >= 4 is 5.57 Å². The summed E-state index contributed by atoms with van der Waals surface area (Å²) in [5, 5.41) is 8.63. The van der Waals surface area contributed by atoms with Crippen molar-refractivity contribution in [1.29, 1.82) is 5.26 Å². The minimum Gasteiger partial charge on any atom is -0.207 e. The molecule has 0 spiro atoms. The van der Waals surface area contributed by atoms with Gasteiger partial charge in [0.2, 0.25) is 0 Å². The van der Waals surface area contributed by atoms with Gasteiger partial charge in [0.25, 0.3) is 0 Å². The van der Waals surface area contributed by atoms with Crippen molar-refractivity contribution in [3.8, 4) is 6.07 Å². The molecule has 1 rings (SSSR count). The van der Waals surface area contributed by atoms with Gasteiger partial charge in [-0.3, -0.25) is 0 Å². The molecule has 0 saturated heterocycles. The lowest BCUT2D eigenvalue weighted by Crippen LogP contribution is -1.81. The van der Waals surface area contributed by atoms with Crippen molar-refractivity contribution in [1.82, 2.24) is 0 Å². The van der Waals surface area contributed by atoms with Crippen LogP contribution in [-0.2, 0) is 0 Å². The molecular weight excluding hydrogens is 153 g/mol. The van der Waals surface area contributed by atoms with E-state index >= 15 is 0 Å². The number of nitriles is 1. The van der Waals surface area contributed by atoms with Crippen molar-refractivity contribution in [2.24, 2.45) is 0 Å². The third kappa shape index (κ3) is 1.70. The van der Waals surface area contributed by atoms with Crippen molar-refractivity contribution in [2.75, 3.05) is 0 Å². The van der Waals surface area contributed by atoms with Gasteiger partial charge in [0.15, 0.2) is 0 Å². The summed E-state index contributed by atoms with van der Waals surface area (Å²) in [6.07, 6.45) is 1.66. The number of allylic oxidation sites excluding steroid dienone is 2. The first-order valence-corrected chi connectivity index (χ1v) is 3.60. The molecule has 0 saturated carbocycles. The molecule has 1 nitrogen and oxygen atoms in total. The third-order valence-corrected chi connectivity index (χ3v) is 1.54. The first-order valence-electron chi connectivity index (χ1n) is 3.60. The Morgan fingerprint density at radius 1 is 1.58 bits per heavy atom. The Hall–Kier alpha value is -1.62. The van der Waals surface area contributed by atoms with Gasteiger partial charge in [-0.15, -0.1) is 0 Å². The molecule has 1 aromatic carbocycles. The van der Waals surface area contributed by atoms with E-state index in [0.29, 0.717) is 11.1 Å². The predicted octanol–water partition coefficient (Wildman–Crippen LogP) is 2.75. The fourth-order valence-electron chi connectivity index (χ4n) is 0.952. The molecule has 0 aromatic heterocycles. The largest absolute Gasteiger partial charge is 0.207 e. The zero-order valence-electron chi connectivity index (χ0n) is 6.71. The first-order chi connectivity index (χ1) is 5.77. The average molecular weight is 161 g/mol. The highest BCUT2D eigenvalue weighted by Crippen LogP contribution is 2.13. The summed E-state index contributed by atoms with van der Waals surface area (Å²) >= 11 is 0. The van der Waals surface area contributed by atoms with Crippen LogP contribution in [0.2, 0.25) is 0 Å². The second kappa shape index (κ2) is 3.68. The Morgan fingerprint density at radius 3 is 2.83 bits per heavy atom. The van der Waals surface area contributed by atoms with E-state index in [0.717, 1.165) is 0 Å². The van der Waals surface area contributed by atoms with Gasteiger partial charge in [-0.2, -0.15) is 5.26 Å². The lowest BCUT2D eigenvalue weighted by Gasteiger charge is -1.96. The van der Waals surface area contributed by atoms with Crippen LogP contribution in [-0.4, -0.2) is 0 Å². The van der Waals surface area contributed by atoms with E-state index in [9.17, 15) is 4.39 Å². The molecule has 0 fully saturated rings. The normalized spacial score (nSPS) is 10.9. The standard InChI is InChI=1S/C10H8FN/c1-2-8(7-12)9-4-3-5-10(11)6-9/h2-6H,1H3/b8-2-. The molecule has 0 amide bonds. The molecule has 0 aliphatic carbocycles. The van der Waals surface area contributed by atoms with Gasteiger partial charge in [-0.1, -0.05) is 18.2 Å². The maximum atomic E-state index is 12.7. The molecule has 0 N–H and O–H groups in total. The van der Waals surface area contributed by atoms with Crippen molar-refractivity contribution in [3.63, 3.8) is 0 Å². The number of nitrogens with zero attached hydrogens (tertiary/aromatic N) is 1. The van der Waals surface area contributed by atoms with E-state index in [1.54, 1.807) is 25.1 Å². The Morgan fingerprint density at radius 2 is 2.33 bits per heavy atom. The van der Waals surface area contributed by atoms with Crippen LogP contribution in [0.1, 0.15) is 12.5 Å². The zero-order valence-corrected chi connectivity index (χ0v) is 6.71. The van der Waals surface area contributed by atoms with Crippen LogP contribution in [0.15, 0.2) is 30.3 Å². The van der Waals surface area contributed by atoms with Crippen LogP contribution in [0.5, 0.6) is 0 Å². The molecule has 0 aliphatic rings. The number of rotatable bonds is 1. The molecule has 0 heterocycles. The minimum atomic E-state index is -0.317. The molecule has 12 heavy (non-hydrogen) atoms. The van der Waals surface area contributed by atoms with Crippen molar-refractivity contribution in [2.45, 2.75) is 6.92 Å². The van der Waals surface area contributed by atoms with Gasteiger partial charge < -0.3 is 0 Å². The van der Waals surface area contributed by atoms with Crippen molar-refractivity contribution in [3.05, 3.63) is 41.7 Å². The monoisotopic (exact) mass is 161 g/mol. The van der Waals surface area contributed by atoms with E-state index in [2.05, 4.69) is 0 Å². The second-order valence-electron chi connectivity index (χ2n) is 2.32. The summed E-state index contributed by atoms with van der Waals surface area (Å²) in [5.41, 5.74) is 1.12. The van der Waals surface area contributed by atoms with E-state index in [4.69, 9.17) is 5.26 Å². The average Bonchev–Trinajstić information content (AvgIpc) is 2.07. The third-order valence-electron chi connectivity index (χ3n) is 1.54. The van der Waals surface area contributed by atoms with Crippen LogP contribution in [0.4, 0.5) is 4.39 Å². The molecule has 0 radical (unpaired) electrons. The molecule has 0 atom stereocenters. The van der Waals surface area contributed by atoms with Gasteiger partial charge in [-0.25, -0.2) is 4.39 Å².